The minimum Gasteiger partial charge on any atom is -0.478 e. The highest BCUT2D eigenvalue weighted by molar-refractivity contribution is 6.06. The maximum atomic E-state index is 12.3. The van der Waals surface area contributed by atoms with Crippen molar-refractivity contribution in [2.45, 2.75) is 13.3 Å². The number of aromatic nitrogens is 4. The van der Waals surface area contributed by atoms with Crippen LogP contribution in [0.5, 0.6) is 0 Å². The first-order valence-corrected chi connectivity index (χ1v) is 7.58. The van der Waals surface area contributed by atoms with Crippen molar-refractivity contribution >= 4 is 17.6 Å². The molecule has 1 aromatic carbocycles. The highest BCUT2D eigenvalue weighted by Crippen LogP contribution is 2.19. The number of carbonyl (C=O) groups is 2. The molecule has 0 saturated carbocycles. The number of anilines is 1. The van der Waals surface area contributed by atoms with Crippen molar-refractivity contribution in [3.05, 3.63) is 65.9 Å². The van der Waals surface area contributed by atoms with Gasteiger partial charge in [-0.2, -0.15) is 0 Å². The van der Waals surface area contributed by atoms with Crippen LogP contribution in [0.1, 0.15) is 33.3 Å². The summed E-state index contributed by atoms with van der Waals surface area (Å²) in [7, 11) is 0. The van der Waals surface area contributed by atoms with E-state index >= 15 is 0 Å². The van der Waals surface area contributed by atoms with E-state index in [1.165, 1.54) is 6.07 Å². The van der Waals surface area contributed by atoms with Crippen molar-refractivity contribution in [3.63, 3.8) is 0 Å². The average molecular weight is 337 g/mol. The van der Waals surface area contributed by atoms with E-state index in [-0.39, 0.29) is 16.9 Å². The largest absolute Gasteiger partial charge is 0.478 e. The minimum atomic E-state index is -1.10. The number of nitrogens with one attached hydrogen (secondary N) is 1. The molecule has 0 spiro atoms. The molecule has 2 heterocycles. The second kappa shape index (κ2) is 6.91. The van der Waals surface area contributed by atoms with Crippen LogP contribution in [0.3, 0.4) is 0 Å². The Hall–Kier alpha value is -3.55. The van der Waals surface area contributed by atoms with E-state index in [1.54, 1.807) is 47.6 Å². The Balaban J connectivity index is 1.81. The van der Waals surface area contributed by atoms with Crippen molar-refractivity contribution in [3.8, 4) is 5.82 Å². The Kier molecular flexibility index (Phi) is 4.51. The number of aryl methyl sites for hydroxylation is 1. The van der Waals surface area contributed by atoms with E-state index in [4.69, 9.17) is 0 Å². The normalized spacial score (nSPS) is 10.4. The van der Waals surface area contributed by atoms with E-state index in [1.807, 2.05) is 6.92 Å². The van der Waals surface area contributed by atoms with Crippen LogP contribution in [0.2, 0.25) is 0 Å². The molecule has 0 radical (unpaired) electrons. The number of aromatic carboxylic acids is 1. The highest BCUT2D eigenvalue weighted by atomic mass is 16.4. The van der Waals surface area contributed by atoms with Gasteiger partial charge < -0.3 is 10.4 Å². The molecule has 1 amide bonds. The number of carboxylic acid groups (broad SMARTS) is 1. The van der Waals surface area contributed by atoms with Gasteiger partial charge in [-0.1, -0.05) is 13.0 Å². The number of amides is 1. The van der Waals surface area contributed by atoms with Crippen LogP contribution >= 0.6 is 0 Å². The summed E-state index contributed by atoms with van der Waals surface area (Å²) < 4.78 is 1.65. The van der Waals surface area contributed by atoms with Crippen molar-refractivity contribution in [1.82, 2.24) is 19.7 Å². The maximum absolute atomic E-state index is 12.3. The Morgan fingerprint density at radius 3 is 2.64 bits per heavy atom. The summed E-state index contributed by atoms with van der Waals surface area (Å²) in [5, 5.41) is 19.7. The number of rotatable bonds is 5. The molecule has 0 saturated heterocycles. The van der Waals surface area contributed by atoms with Crippen molar-refractivity contribution in [1.29, 1.82) is 0 Å². The zero-order valence-corrected chi connectivity index (χ0v) is 13.4. The number of carbonyl (C=O) groups excluding carboxylic acids is 1. The summed E-state index contributed by atoms with van der Waals surface area (Å²) in [6, 6.07) is 8.04. The summed E-state index contributed by atoms with van der Waals surface area (Å²) in [4.78, 5) is 27.6. The van der Waals surface area contributed by atoms with Gasteiger partial charge in [-0.3, -0.25) is 9.36 Å². The molecular weight excluding hydrogens is 322 g/mol. The summed E-state index contributed by atoms with van der Waals surface area (Å²) >= 11 is 0. The Bertz CT molecular complexity index is 905. The molecule has 0 aliphatic rings. The molecule has 126 valence electrons. The van der Waals surface area contributed by atoms with Gasteiger partial charge in [0.15, 0.2) is 11.5 Å². The molecule has 8 nitrogen and oxygen atoms in total. The number of carboxylic acids is 1. The van der Waals surface area contributed by atoms with Crippen molar-refractivity contribution in [2.75, 3.05) is 5.32 Å². The first-order chi connectivity index (χ1) is 12.1. The van der Waals surface area contributed by atoms with Crippen LogP contribution in [0, 0.1) is 0 Å². The molecule has 8 heteroatoms. The fourth-order valence-corrected chi connectivity index (χ4v) is 2.26. The van der Waals surface area contributed by atoms with E-state index in [2.05, 4.69) is 20.5 Å². The standard InChI is InChI=1S/C17H15N5O3/c1-2-11-3-4-13(12(9-11)17(24)25)19-16(23)14-5-6-15(21-20-14)22-8-7-18-10-22/h3-10H,2H2,1H3,(H,19,23)(H,24,25). The topological polar surface area (TPSA) is 110 Å². The molecule has 0 bridgehead atoms. The van der Waals surface area contributed by atoms with Crippen LogP contribution in [0.15, 0.2) is 49.1 Å². The number of hydrogen-bond donors (Lipinski definition) is 2. The number of imidazole rings is 1. The zero-order valence-electron chi connectivity index (χ0n) is 13.4. The van der Waals surface area contributed by atoms with Gasteiger partial charge in [-0.05, 0) is 36.2 Å². The molecule has 0 aliphatic heterocycles. The number of hydrogen-bond acceptors (Lipinski definition) is 5. The Morgan fingerprint density at radius 2 is 2.04 bits per heavy atom. The quantitative estimate of drug-likeness (QED) is 0.738. The zero-order chi connectivity index (χ0) is 17.8. The lowest BCUT2D eigenvalue weighted by Gasteiger charge is -2.09. The predicted octanol–water partition coefficient (Wildman–Crippen LogP) is 2.18. The van der Waals surface area contributed by atoms with Crippen molar-refractivity contribution in [2.24, 2.45) is 0 Å². The molecule has 0 aliphatic carbocycles. The SMILES string of the molecule is CCc1ccc(NC(=O)c2ccc(-n3ccnc3)nn2)c(C(=O)O)c1. The van der Waals surface area contributed by atoms with Gasteiger partial charge in [0.25, 0.3) is 5.91 Å². The van der Waals surface area contributed by atoms with Crippen LogP contribution < -0.4 is 5.32 Å². The molecule has 0 fully saturated rings. The third kappa shape index (κ3) is 3.52. The van der Waals surface area contributed by atoms with Crippen LogP contribution in [-0.4, -0.2) is 36.7 Å². The molecule has 3 aromatic rings. The van der Waals surface area contributed by atoms with E-state index < -0.39 is 11.9 Å². The lowest BCUT2D eigenvalue weighted by Crippen LogP contribution is -2.17. The molecule has 0 unspecified atom stereocenters. The Morgan fingerprint density at radius 1 is 1.20 bits per heavy atom. The number of benzene rings is 1. The van der Waals surface area contributed by atoms with Gasteiger partial charge in [-0.15, -0.1) is 10.2 Å². The number of nitrogens with zero attached hydrogens (tertiary/aromatic N) is 4. The summed E-state index contributed by atoms with van der Waals surface area (Å²) in [5.74, 6) is -1.11. The first-order valence-electron chi connectivity index (χ1n) is 7.58. The van der Waals surface area contributed by atoms with Gasteiger partial charge in [0.05, 0.1) is 11.3 Å². The van der Waals surface area contributed by atoms with Gasteiger partial charge in [-0.25, -0.2) is 9.78 Å². The molecule has 25 heavy (non-hydrogen) atoms. The highest BCUT2D eigenvalue weighted by Gasteiger charge is 2.15. The average Bonchev–Trinajstić information content (AvgIpc) is 3.16. The van der Waals surface area contributed by atoms with E-state index in [0.29, 0.717) is 12.2 Å². The molecule has 2 N–H and O–H groups in total. The fourth-order valence-electron chi connectivity index (χ4n) is 2.26. The first kappa shape index (κ1) is 16.3. The van der Waals surface area contributed by atoms with E-state index in [0.717, 1.165) is 5.56 Å². The van der Waals surface area contributed by atoms with Gasteiger partial charge in [0.1, 0.15) is 6.33 Å². The third-order valence-corrected chi connectivity index (χ3v) is 3.62. The van der Waals surface area contributed by atoms with Gasteiger partial charge in [0, 0.05) is 12.4 Å². The molecule has 2 aromatic heterocycles. The maximum Gasteiger partial charge on any atom is 0.337 e. The fraction of sp³-hybridized carbons (Fsp3) is 0.118. The summed E-state index contributed by atoms with van der Waals surface area (Å²) in [5.41, 5.74) is 1.21. The monoisotopic (exact) mass is 337 g/mol. The summed E-state index contributed by atoms with van der Waals surface area (Å²) in [6.07, 6.45) is 5.59. The van der Waals surface area contributed by atoms with Crippen LogP contribution in [0.25, 0.3) is 5.82 Å². The Labute approximate surface area is 143 Å². The third-order valence-electron chi connectivity index (χ3n) is 3.62. The smallest absolute Gasteiger partial charge is 0.337 e. The second-order valence-corrected chi connectivity index (χ2v) is 5.24. The predicted molar refractivity (Wildman–Crippen MR) is 89.9 cm³/mol. The minimum absolute atomic E-state index is 0.0377. The molecule has 0 atom stereocenters. The molecular formula is C17H15N5O3. The lowest BCUT2D eigenvalue weighted by atomic mass is 10.1. The lowest BCUT2D eigenvalue weighted by molar-refractivity contribution is 0.0698. The van der Waals surface area contributed by atoms with Gasteiger partial charge in [0.2, 0.25) is 0 Å². The van der Waals surface area contributed by atoms with Crippen molar-refractivity contribution < 1.29 is 14.7 Å². The summed E-state index contributed by atoms with van der Waals surface area (Å²) in [6.45, 7) is 1.93. The van der Waals surface area contributed by atoms with Crippen LogP contribution in [0.4, 0.5) is 5.69 Å². The second-order valence-electron chi connectivity index (χ2n) is 5.24. The van der Waals surface area contributed by atoms with Crippen LogP contribution in [-0.2, 0) is 6.42 Å². The molecule has 3 rings (SSSR count). The van der Waals surface area contributed by atoms with E-state index in [9.17, 15) is 14.7 Å². The van der Waals surface area contributed by atoms with Gasteiger partial charge >= 0.3 is 5.97 Å².